The highest BCUT2D eigenvalue weighted by Gasteiger charge is 2.37. The molecule has 1 aliphatic rings. The van der Waals surface area contributed by atoms with Crippen LogP contribution < -0.4 is 4.74 Å². The van der Waals surface area contributed by atoms with Crippen molar-refractivity contribution in [2.45, 2.75) is 45.1 Å². The van der Waals surface area contributed by atoms with E-state index in [-0.39, 0.29) is 11.1 Å². The zero-order valence-electron chi connectivity index (χ0n) is 15.1. The van der Waals surface area contributed by atoms with Crippen LogP contribution in [0, 0.1) is 0 Å². The van der Waals surface area contributed by atoms with E-state index in [1.54, 1.807) is 12.1 Å². The van der Waals surface area contributed by atoms with Crippen LogP contribution in [0.5, 0.6) is 23.0 Å². The summed E-state index contributed by atoms with van der Waals surface area (Å²) in [5, 5.41) is 28.8. The Balaban J connectivity index is 1.88. The van der Waals surface area contributed by atoms with Gasteiger partial charge in [-0.3, -0.25) is 9.59 Å². The Labute approximate surface area is 157 Å². The minimum atomic E-state index is -1.28. The van der Waals surface area contributed by atoms with E-state index in [4.69, 9.17) is 4.74 Å². The number of carbonyl (C=O) groups is 2. The third kappa shape index (κ3) is 3.74. The van der Waals surface area contributed by atoms with Crippen molar-refractivity contribution in [1.82, 2.24) is 0 Å². The molecule has 0 aliphatic carbocycles. The van der Waals surface area contributed by atoms with Crippen LogP contribution in [0.2, 0.25) is 0 Å². The summed E-state index contributed by atoms with van der Waals surface area (Å²) >= 11 is 0. The number of ether oxygens (including phenoxy) is 1. The van der Waals surface area contributed by atoms with Crippen molar-refractivity contribution in [2.75, 3.05) is 0 Å². The van der Waals surface area contributed by atoms with Gasteiger partial charge in [-0.05, 0) is 42.7 Å². The Hall–Kier alpha value is -3.02. The molecule has 142 valence electrons. The molecule has 2 aromatic carbocycles. The Morgan fingerprint density at radius 2 is 1.67 bits per heavy atom. The summed E-state index contributed by atoms with van der Waals surface area (Å²) in [6.45, 7) is 2.15. The lowest BCUT2D eigenvalue weighted by molar-refractivity contribution is -0.122. The first kappa shape index (κ1) is 18.8. The first-order chi connectivity index (χ1) is 12.9. The molecule has 0 spiro atoms. The quantitative estimate of drug-likeness (QED) is 0.406. The molecule has 0 fully saturated rings. The molecule has 27 heavy (non-hydrogen) atoms. The zero-order valence-corrected chi connectivity index (χ0v) is 15.1. The largest absolute Gasteiger partial charge is 0.504 e. The number of benzene rings is 2. The summed E-state index contributed by atoms with van der Waals surface area (Å²) in [5.74, 6) is -3.03. The van der Waals surface area contributed by atoms with Crippen molar-refractivity contribution in [3.63, 3.8) is 0 Å². The van der Waals surface area contributed by atoms with Crippen LogP contribution in [0.1, 0.15) is 60.2 Å². The standard InChI is InChI=1S/C21H22O6/c1-2-3-4-5-6-12-7-8-14-17(9-12)27-21(20(26)18(14)24)13-10-15(22)19(25)16(23)11-13/h7-11,21-23,25H,2-6H2,1H3. The molecule has 6 nitrogen and oxygen atoms in total. The van der Waals surface area contributed by atoms with Gasteiger partial charge < -0.3 is 20.1 Å². The highest BCUT2D eigenvalue weighted by atomic mass is 16.5. The summed E-state index contributed by atoms with van der Waals surface area (Å²) in [5.41, 5.74) is 1.32. The zero-order chi connectivity index (χ0) is 19.6. The van der Waals surface area contributed by atoms with E-state index in [0.717, 1.165) is 43.4 Å². The second-order valence-electron chi connectivity index (χ2n) is 6.74. The van der Waals surface area contributed by atoms with Gasteiger partial charge in [0.25, 0.3) is 0 Å². The SMILES string of the molecule is CCCCCCc1ccc2c(c1)OC(c1cc(O)c(O)c(O)c1)C(=O)C2=O. The molecule has 2 aromatic rings. The fraction of sp³-hybridized carbons (Fsp3) is 0.333. The van der Waals surface area contributed by atoms with E-state index < -0.39 is 34.9 Å². The van der Waals surface area contributed by atoms with Gasteiger partial charge in [-0.2, -0.15) is 0 Å². The smallest absolute Gasteiger partial charge is 0.248 e. The number of ketones is 2. The van der Waals surface area contributed by atoms with E-state index in [0.29, 0.717) is 5.75 Å². The van der Waals surface area contributed by atoms with Crippen LogP contribution in [0.4, 0.5) is 0 Å². The first-order valence-electron chi connectivity index (χ1n) is 9.05. The van der Waals surface area contributed by atoms with Gasteiger partial charge in [-0.15, -0.1) is 0 Å². The van der Waals surface area contributed by atoms with Gasteiger partial charge >= 0.3 is 0 Å². The van der Waals surface area contributed by atoms with E-state index in [2.05, 4.69) is 6.92 Å². The number of phenols is 3. The van der Waals surface area contributed by atoms with Crippen LogP contribution >= 0.6 is 0 Å². The molecule has 0 radical (unpaired) electrons. The van der Waals surface area contributed by atoms with Gasteiger partial charge in [0.1, 0.15) is 5.75 Å². The summed E-state index contributed by atoms with van der Waals surface area (Å²) in [4.78, 5) is 24.9. The molecule has 1 atom stereocenters. The topological polar surface area (TPSA) is 104 Å². The Kier molecular flexibility index (Phi) is 5.35. The van der Waals surface area contributed by atoms with Crippen molar-refractivity contribution < 1.29 is 29.6 Å². The van der Waals surface area contributed by atoms with Crippen molar-refractivity contribution in [1.29, 1.82) is 0 Å². The van der Waals surface area contributed by atoms with E-state index in [1.165, 1.54) is 6.42 Å². The fourth-order valence-electron chi connectivity index (χ4n) is 3.19. The lowest BCUT2D eigenvalue weighted by Crippen LogP contribution is -2.31. The average Bonchev–Trinajstić information content (AvgIpc) is 2.65. The van der Waals surface area contributed by atoms with Crippen LogP contribution in [0.15, 0.2) is 30.3 Å². The minimum Gasteiger partial charge on any atom is -0.504 e. The second kappa shape index (κ2) is 7.70. The molecule has 1 aliphatic heterocycles. The van der Waals surface area contributed by atoms with Crippen LogP contribution in [0.25, 0.3) is 0 Å². The lowest BCUT2D eigenvalue weighted by Gasteiger charge is -2.25. The second-order valence-corrected chi connectivity index (χ2v) is 6.74. The predicted octanol–water partition coefficient (Wildman–Crippen LogP) is 3.81. The molecule has 0 saturated carbocycles. The van der Waals surface area contributed by atoms with Crippen LogP contribution in [0.3, 0.4) is 0 Å². The number of fused-ring (bicyclic) bond motifs is 1. The number of phenolic OH excluding ortho intramolecular Hbond substituents is 3. The number of aryl methyl sites for hydroxylation is 1. The summed E-state index contributed by atoms with van der Waals surface area (Å²) in [7, 11) is 0. The molecule has 3 N–H and O–H groups in total. The number of unbranched alkanes of at least 4 members (excludes halogenated alkanes) is 3. The molecule has 0 aromatic heterocycles. The number of aromatic hydroxyl groups is 3. The van der Waals surface area contributed by atoms with Crippen LogP contribution in [-0.4, -0.2) is 26.9 Å². The van der Waals surface area contributed by atoms with E-state index in [1.807, 2.05) is 6.07 Å². The van der Waals surface area contributed by atoms with Gasteiger partial charge in [-0.1, -0.05) is 32.3 Å². The number of Topliss-reactive ketones (excluding diaryl/α,β-unsaturated/α-hetero) is 2. The minimum absolute atomic E-state index is 0.0974. The molecule has 6 heteroatoms. The summed E-state index contributed by atoms with van der Waals surface area (Å²) < 4.78 is 5.74. The van der Waals surface area contributed by atoms with Crippen LogP contribution in [-0.2, 0) is 11.2 Å². The molecule has 1 unspecified atom stereocenters. The third-order valence-electron chi connectivity index (χ3n) is 4.71. The van der Waals surface area contributed by atoms with Gasteiger partial charge in [0.05, 0.1) is 5.56 Å². The molecular weight excluding hydrogens is 348 g/mol. The predicted molar refractivity (Wildman–Crippen MR) is 98.4 cm³/mol. The van der Waals surface area contributed by atoms with Gasteiger partial charge in [0, 0.05) is 5.56 Å². The highest BCUT2D eigenvalue weighted by molar-refractivity contribution is 6.46. The van der Waals surface area contributed by atoms with E-state index in [9.17, 15) is 24.9 Å². The molecule has 0 saturated heterocycles. The van der Waals surface area contributed by atoms with Gasteiger partial charge in [0.2, 0.25) is 11.6 Å². The maximum atomic E-state index is 12.4. The molecule has 0 bridgehead atoms. The maximum absolute atomic E-state index is 12.4. The molecule has 3 rings (SSSR count). The molecule has 1 heterocycles. The number of hydrogen-bond donors (Lipinski definition) is 3. The third-order valence-corrected chi connectivity index (χ3v) is 4.71. The van der Waals surface area contributed by atoms with Crippen molar-refractivity contribution in [3.8, 4) is 23.0 Å². The Morgan fingerprint density at radius 1 is 0.963 bits per heavy atom. The number of carbonyl (C=O) groups excluding carboxylic acids is 2. The average molecular weight is 370 g/mol. The monoisotopic (exact) mass is 370 g/mol. The number of hydrogen-bond acceptors (Lipinski definition) is 6. The number of rotatable bonds is 6. The fourth-order valence-corrected chi connectivity index (χ4v) is 3.19. The Bertz CT molecular complexity index is 863. The highest BCUT2D eigenvalue weighted by Crippen LogP contribution is 2.40. The maximum Gasteiger partial charge on any atom is 0.248 e. The summed E-state index contributed by atoms with van der Waals surface area (Å²) in [6, 6.07) is 7.40. The van der Waals surface area contributed by atoms with Crippen molar-refractivity contribution >= 4 is 11.6 Å². The molecular formula is C21H22O6. The van der Waals surface area contributed by atoms with Crippen molar-refractivity contribution in [2.24, 2.45) is 0 Å². The lowest BCUT2D eigenvalue weighted by atomic mass is 9.93. The van der Waals surface area contributed by atoms with Crippen molar-refractivity contribution in [3.05, 3.63) is 47.0 Å². The first-order valence-corrected chi connectivity index (χ1v) is 9.05. The molecule has 0 amide bonds. The normalized spacial score (nSPS) is 16.1. The van der Waals surface area contributed by atoms with Gasteiger partial charge in [-0.25, -0.2) is 0 Å². The van der Waals surface area contributed by atoms with Gasteiger partial charge in [0.15, 0.2) is 23.4 Å². The Morgan fingerprint density at radius 3 is 2.33 bits per heavy atom. The summed E-state index contributed by atoms with van der Waals surface area (Å²) in [6.07, 6.45) is 4.05. The van der Waals surface area contributed by atoms with E-state index >= 15 is 0 Å².